The average Bonchev–Trinajstić information content (AvgIpc) is 2.33. The number of rotatable bonds is 6. The molecule has 0 aromatic rings. The van der Waals surface area contributed by atoms with Crippen LogP contribution in [0.15, 0.2) is 0 Å². The maximum Gasteiger partial charge on any atom is 0.0501 e. The lowest BCUT2D eigenvalue weighted by Crippen LogP contribution is -2.45. The highest BCUT2D eigenvalue weighted by Gasteiger charge is 2.34. The average molecular weight is 241 g/mol. The van der Waals surface area contributed by atoms with Gasteiger partial charge in [0.15, 0.2) is 0 Å². The molecule has 100 valence electrons. The van der Waals surface area contributed by atoms with E-state index in [-0.39, 0.29) is 5.41 Å². The zero-order valence-electron chi connectivity index (χ0n) is 11.2. The van der Waals surface area contributed by atoms with Gasteiger partial charge in [0, 0.05) is 31.7 Å². The van der Waals surface area contributed by atoms with Crippen LogP contribution in [-0.2, 0) is 4.74 Å². The molecule has 0 amide bonds. The van der Waals surface area contributed by atoms with Crippen LogP contribution in [0.4, 0.5) is 0 Å². The Morgan fingerprint density at radius 1 is 1.29 bits per heavy atom. The molecule has 0 radical (unpaired) electrons. The molecule has 0 aromatic heterocycles. The third-order valence-corrected chi connectivity index (χ3v) is 4.64. The third-order valence-electron chi connectivity index (χ3n) is 4.64. The molecule has 17 heavy (non-hydrogen) atoms. The minimum atomic E-state index is 0.109. The molecule has 0 bridgehead atoms. The predicted molar refractivity (Wildman–Crippen MR) is 69.0 cm³/mol. The van der Waals surface area contributed by atoms with Crippen molar-refractivity contribution in [2.75, 3.05) is 39.5 Å². The van der Waals surface area contributed by atoms with Crippen molar-refractivity contribution in [2.24, 2.45) is 11.3 Å². The second kappa shape index (κ2) is 6.17. The van der Waals surface area contributed by atoms with Gasteiger partial charge >= 0.3 is 0 Å². The summed E-state index contributed by atoms with van der Waals surface area (Å²) in [5.74, 6) is 0.922. The first-order chi connectivity index (χ1) is 8.28. The molecule has 1 N–H and O–H groups in total. The maximum atomic E-state index is 9.71. The predicted octanol–water partition coefficient (Wildman–Crippen LogP) is 1.90. The van der Waals surface area contributed by atoms with E-state index in [1.54, 1.807) is 0 Å². The fraction of sp³-hybridized carbons (Fsp3) is 1.00. The van der Waals surface area contributed by atoms with E-state index >= 15 is 0 Å². The van der Waals surface area contributed by atoms with E-state index in [0.717, 1.165) is 45.1 Å². The van der Waals surface area contributed by atoms with E-state index in [1.807, 2.05) is 0 Å². The Labute approximate surface area is 105 Å². The van der Waals surface area contributed by atoms with Gasteiger partial charge in [-0.2, -0.15) is 0 Å². The number of aliphatic hydroxyl groups is 1. The van der Waals surface area contributed by atoms with E-state index in [0.29, 0.717) is 6.61 Å². The van der Waals surface area contributed by atoms with Crippen molar-refractivity contribution >= 4 is 0 Å². The molecular formula is C14H27NO2. The molecule has 1 heterocycles. The summed E-state index contributed by atoms with van der Waals surface area (Å²) in [6, 6.07) is 0. The van der Waals surface area contributed by atoms with Crippen LogP contribution in [0, 0.1) is 11.3 Å². The van der Waals surface area contributed by atoms with E-state index in [9.17, 15) is 5.11 Å². The molecule has 1 aliphatic carbocycles. The van der Waals surface area contributed by atoms with Gasteiger partial charge in [0.1, 0.15) is 0 Å². The zero-order chi connectivity index (χ0) is 12.1. The monoisotopic (exact) mass is 241 g/mol. The molecule has 0 spiro atoms. The van der Waals surface area contributed by atoms with Gasteiger partial charge in [-0.3, -0.25) is 0 Å². The van der Waals surface area contributed by atoms with Gasteiger partial charge in [-0.1, -0.05) is 13.3 Å². The molecule has 2 aliphatic rings. The van der Waals surface area contributed by atoms with Crippen LogP contribution in [0.1, 0.15) is 39.0 Å². The second-order valence-corrected chi connectivity index (χ2v) is 5.90. The summed E-state index contributed by atoms with van der Waals surface area (Å²) in [5, 5.41) is 9.71. The summed E-state index contributed by atoms with van der Waals surface area (Å²) in [5.41, 5.74) is 0.109. The summed E-state index contributed by atoms with van der Waals surface area (Å²) >= 11 is 0. The summed E-state index contributed by atoms with van der Waals surface area (Å²) in [4.78, 5) is 2.55. The van der Waals surface area contributed by atoms with Crippen LogP contribution in [0.25, 0.3) is 0 Å². The van der Waals surface area contributed by atoms with Crippen LogP contribution in [-0.4, -0.2) is 49.5 Å². The van der Waals surface area contributed by atoms with Gasteiger partial charge < -0.3 is 14.7 Å². The summed E-state index contributed by atoms with van der Waals surface area (Å²) in [6.45, 7) is 7.60. The number of hydrogen-bond acceptors (Lipinski definition) is 3. The molecule has 3 nitrogen and oxygen atoms in total. The number of nitrogens with zero attached hydrogens (tertiary/aromatic N) is 1. The van der Waals surface area contributed by atoms with Crippen LogP contribution in [0.5, 0.6) is 0 Å². The smallest absolute Gasteiger partial charge is 0.0501 e. The second-order valence-electron chi connectivity index (χ2n) is 5.90. The fourth-order valence-electron chi connectivity index (χ4n) is 2.99. The Kier molecular flexibility index (Phi) is 4.83. The molecule has 3 heteroatoms. The topological polar surface area (TPSA) is 32.7 Å². The van der Waals surface area contributed by atoms with E-state index in [4.69, 9.17) is 4.74 Å². The van der Waals surface area contributed by atoms with Crippen molar-refractivity contribution < 1.29 is 9.84 Å². The Morgan fingerprint density at radius 3 is 2.47 bits per heavy atom. The van der Waals surface area contributed by atoms with Gasteiger partial charge in [-0.05, 0) is 38.1 Å². The minimum Gasteiger partial charge on any atom is -0.396 e. The zero-order valence-corrected chi connectivity index (χ0v) is 11.2. The molecule has 0 aromatic carbocycles. The molecule has 1 saturated carbocycles. The van der Waals surface area contributed by atoms with Crippen molar-refractivity contribution in [1.29, 1.82) is 0 Å². The first-order valence-electron chi connectivity index (χ1n) is 7.19. The van der Waals surface area contributed by atoms with Crippen LogP contribution in [0.3, 0.4) is 0 Å². The SMILES string of the molecule is CCN(CC1CCC1)CC1(CO)CCOCC1. The summed E-state index contributed by atoms with van der Waals surface area (Å²) < 4.78 is 5.43. The van der Waals surface area contributed by atoms with E-state index < -0.39 is 0 Å². The van der Waals surface area contributed by atoms with Crippen LogP contribution in [0.2, 0.25) is 0 Å². The summed E-state index contributed by atoms with van der Waals surface area (Å²) in [7, 11) is 0. The van der Waals surface area contributed by atoms with Crippen LogP contribution >= 0.6 is 0 Å². The first-order valence-corrected chi connectivity index (χ1v) is 7.19. The lowest BCUT2D eigenvalue weighted by Gasteiger charge is -2.41. The molecule has 0 atom stereocenters. The fourth-order valence-corrected chi connectivity index (χ4v) is 2.99. The molecule has 1 aliphatic heterocycles. The summed E-state index contributed by atoms with van der Waals surface area (Å²) in [6.07, 6.45) is 6.27. The van der Waals surface area contributed by atoms with E-state index in [1.165, 1.54) is 25.8 Å². The molecule has 1 saturated heterocycles. The number of ether oxygens (including phenoxy) is 1. The van der Waals surface area contributed by atoms with Gasteiger partial charge in [0.05, 0.1) is 6.61 Å². The van der Waals surface area contributed by atoms with Crippen molar-refractivity contribution in [2.45, 2.75) is 39.0 Å². The lowest BCUT2D eigenvalue weighted by atomic mass is 9.79. The molecule has 2 fully saturated rings. The van der Waals surface area contributed by atoms with Crippen molar-refractivity contribution in [1.82, 2.24) is 4.90 Å². The minimum absolute atomic E-state index is 0.109. The van der Waals surface area contributed by atoms with Gasteiger partial charge in [-0.25, -0.2) is 0 Å². The maximum absolute atomic E-state index is 9.71. The highest BCUT2D eigenvalue weighted by Crippen LogP contribution is 2.33. The molecular weight excluding hydrogens is 214 g/mol. The standard InChI is InChI=1S/C14H27NO2/c1-2-15(10-13-4-3-5-13)11-14(12-16)6-8-17-9-7-14/h13,16H,2-12H2,1H3. The highest BCUT2D eigenvalue weighted by molar-refractivity contribution is 4.85. The van der Waals surface area contributed by atoms with Crippen molar-refractivity contribution in [3.05, 3.63) is 0 Å². The van der Waals surface area contributed by atoms with Gasteiger partial charge in [-0.15, -0.1) is 0 Å². The normalized spacial score (nSPS) is 24.9. The van der Waals surface area contributed by atoms with Crippen molar-refractivity contribution in [3.8, 4) is 0 Å². The largest absolute Gasteiger partial charge is 0.396 e. The molecule has 0 unspecified atom stereocenters. The Bertz CT molecular complexity index is 222. The quantitative estimate of drug-likeness (QED) is 0.771. The molecule has 2 rings (SSSR count). The number of hydrogen-bond donors (Lipinski definition) is 1. The Balaban J connectivity index is 1.85. The highest BCUT2D eigenvalue weighted by atomic mass is 16.5. The Hall–Kier alpha value is -0.120. The number of aliphatic hydroxyl groups excluding tert-OH is 1. The van der Waals surface area contributed by atoms with Crippen molar-refractivity contribution in [3.63, 3.8) is 0 Å². The van der Waals surface area contributed by atoms with Gasteiger partial charge in [0.25, 0.3) is 0 Å². The Morgan fingerprint density at radius 2 is 2.00 bits per heavy atom. The third kappa shape index (κ3) is 3.43. The lowest BCUT2D eigenvalue weighted by molar-refractivity contribution is -0.0369. The first kappa shape index (κ1) is 13.3. The van der Waals surface area contributed by atoms with Crippen LogP contribution < -0.4 is 0 Å². The van der Waals surface area contributed by atoms with Gasteiger partial charge in [0.2, 0.25) is 0 Å². The van der Waals surface area contributed by atoms with E-state index in [2.05, 4.69) is 11.8 Å².